The predicted octanol–water partition coefficient (Wildman–Crippen LogP) is 3.70. The fourth-order valence-corrected chi connectivity index (χ4v) is 2.97. The van der Waals surface area contributed by atoms with Crippen molar-refractivity contribution in [2.45, 2.75) is 40.0 Å². The highest BCUT2D eigenvalue weighted by Gasteiger charge is 2.15. The first-order valence-electron chi connectivity index (χ1n) is 8.12. The van der Waals surface area contributed by atoms with E-state index in [9.17, 15) is 5.11 Å². The first-order valence-corrected chi connectivity index (χ1v) is 8.12. The Kier molecular flexibility index (Phi) is 4.18. The van der Waals surface area contributed by atoms with Gasteiger partial charge in [0.05, 0.1) is 0 Å². The van der Waals surface area contributed by atoms with Gasteiger partial charge in [-0.3, -0.25) is 4.57 Å². The van der Waals surface area contributed by atoms with Crippen LogP contribution in [0.2, 0.25) is 0 Å². The lowest BCUT2D eigenvalue weighted by Crippen LogP contribution is -2.03. The summed E-state index contributed by atoms with van der Waals surface area (Å²) in [6.07, 6.45) is 0.851. The summed E-state index contributed by atoms with van der Waals surface area (Å²) >= 11 is 0. The smallest absolute Gasteiger partial charge is 0.165 e. The zero-order valence-corrected chi connectivity index (χ0v) is 14.2. The van der Waals surface area contributed by atoms with Gasteiger partial charge in [0.15, 0.2) is 5.65 Å². The lowest BCUT2D eigenvalue weighted by atomic mass is 10.0. The van der Waals surface area contributed by atoms with E-state index in [2.05, 4.69) is 48.7 Å². The van der Waals surface area contributed by atoms with Crippen molar-refractivity contribution in [3.05, 3.63) is 53.0 Å². The van der Waals surface area contributed by atoms with E-state index in [1.807, 2.05) is 13.8 Å². The molecule has 1 unspecified atom stereocenters. The average Bonchev–Trinajstić information content (AvgIpc) is 2.93. The number of nitrogens with zero attached hydrogens (tertiary/aromatic N) is 3. The summed E-state index contributed by atoms with van der Waals surface area (Å²) in [5.41, 5.74) is 6.26. The van der Waals surface area contributed by atoms with Crippen LogP contribution in [-0.2, 0) is 6.42 Å². The maximum absolute atomic E-state index is 9.30. The molecule has 0 fully saturated rings. The van der Waals surface area contributed by atoms with Crippen molar-refractivity contribution in [2.75, 3.05) is 6.61 Å². The van der Waals surface area contributed by atoms with E-state index in [1.54, 1.807) is 0 Å². The number of pyridine rings is 1. The van der Waals surface area contributed by atoms with E-state index in [1.165, 1.54) is 0 Å². The summed E-state index contributed by atoms with van der Waals surface area (Å²) in [4.78, 5) is 9.50. The fraction of sp³-hybridized carbons (Fsp3) is 0.368. The first kappa shape index (κ1) is 15.7. The molecule has 3 rings (SSSR count). The van der Waals surface area contributed by atoms with Gasteiger partial charge in [-0.25, -0.2) is 9.97 Å². The Morgan fingerprint density at radius 2 is 1.83 bits per heavy atom. The minimum absolute atomic E-state index is 0.150. The average molecular weight is 309 g/mol. The largest absolute Gasteiger partial charge is 0.396 e. The van der Waals surface area contributed by atoms with Crippen LogP contribution in [0.3, 0.4) is 0 Å². The van der Waals surface area contributed by atoms with Crippen LogP contribution in [0.25, 0.3) is 16.9 Å². The Morgan fingerprint density at radius 1 is 1.13 bits per heavy atom. The zero-order chi connectivity index (χ0) is 16.6. The van der Waals surface area contributed by atoms with Crippen LogP contribution < -0.4 is 0 Å². The molecule has 0 saturated carbocycles. The standard InChI is InChI=1S/C19H23N3O/c1-5-17-21-18-12(2)10-14(4)20-19(18)22(17)16-8-6-15(7-9-16)13(3)11-23/h6-10,13,23H,5,11H2,1-4H3. The minimum atomic E-state index is 0.150. The van der Waals surface area contributed by atoms with E-state index in [-0.39, 0.29) is 12.5 Å². The maximum Gasteiger partial charge on any atom is 0.165 e. The lowest BCUT2D eigenvalue weighted by molar-refractivity contribution is 0.273. The summed E-state index contributed by atoms with van der Waals surface area (Å²) < 4.78 is 2.14. The van der Waals surface area contributed by atoms with Crippen molar-refractivity contribution in [1.29, 1.82) is 0 Å². The number of imidazole rings is 1. The molecule has 4 heteroatoms. The molecular formula is C19H23N3O. The van der Waals surface area contributed by atoms with Crippen LogP contribution in [0.1, 0.15) is 42.4 Å². The van der Waals surface area contributed by atoms with Crippen LogP contribution >= 0.6 is 0 Å². The molecule has 1 atom stereocenters. The second-order valence-corrected chi connectivity index (χ2v) is 6.14. The molecule has 0 bridgehead atoms. The molecule has 120 valence electrons. The first-order chi connectivity index (χ1) is 11.0. The Labute approximate surface area is 136 Å². The highest BCUT2D eigenvalue weighted by atomic mass is 16.3. The number of aliphatic hydroxyl groups excluding tert-OH is 1. The van der Waals surface area contributed by atoms with Gasteiger partial charge < -0.3 is 5.11 Å². The molecule has 3 aromatic rings. The van der Waals surface area contributed by atoms with Crippen LogP contribution in [0.4, 0.5) is 0 Å². The predicted molar refractivity (Wildman–Crippen MR) is 93.2 cm³/mol. The van der Waals surface area contributed by atoms with E-state index in [4.69, 9.17) is 9.97 Å². The molecule has 4 nitrogen and oxygen atoms in total. The molecular weight excluding hydrogens is 286 g/mol. The summed E-state index contributed by atoms with van der Waals surface area (Å²) in [5, 5.41) is 9.30. The SMILES string of the molecule is CCc1nc2c(C)cc(C)nc2n1-c1ccc(C(C)CO)cc1. The third-order valence-electron chi connectivity index (χ3n) is 4.31. The molecule has 2 heterocycles. The van der Waals surface area contributed by atoms with E-state index >= 15 is 0 Å². The van der Waals surface area contributed by atoms with Gasteiger partial charge in [0.25, 0.3) is 0 Å². The number of benzene rings is 1. The molecule has 1 N–H and O–H groups in total. The molecule has 0 saturated heterocycles. The molecule has 1 aromatic carbocycles. The van der Waals surface area contributed by atoms with Gasteiger partial charge in [0.1, 0.15) is 11.3 Å². The van der Waals surface area contributed by atoms with Crippen molar-refractivity contribution in [2.24, 2.45) is 0 Å². The molecule has 0 aliphatic rings. The molecule has 23 heavy (non-hydrogen) atoms. The Balaban J connectivity index is 2.18. The van der Waals surface area contributed by atoms with Crippen LogP contribution in [0.5, 0.6) is 0 Å². The number of aliphatic hydroxyl groups is 1. The fourth-order valence-electron chi connectivity index (χ4n) is 2.97. The second-order valence-electron chi connectivity index (χ2n) is 6.14. The topological polar surface area (TPSA) is 50.9 Å². The third kappa shape index (κ3) is 2.75. The normalized spacial score (nSPS) is 12.7. The maximum atomic E-state index is 9.30. The highest BCUT2D eigenvalue weighted by Crippen LogP contribution is 2.25. The van der Waals surface area contributed by atoms with E-state index in [0.29, 0.717) is 0 Å². The quantitative estimate of drug-likeness (QED) is 0.799. The monoisotopic (exact) mass is 309 g/mol. The number of hydrogen-bond donors (Lipinski definition) is 1. The summed E-state index contributed by atoms with van der Waals surface area (Å²) in [6, 6.07) is 10.4. The molecule has 0 spiro atoms. The number of aryl methyl sites for hydroxylation is 3. The van der Waals surface area contributed by atoms with Crippen LogP contribution in [-0.4, -0.2) is 26.2 Å². The molecule has 0 amide bonds. The Bertz CT molecular complexity index is 834. The van der Waals surface area contributed by atoms with Crippen molar-refractivity contribution in [3.63, 3.8) is 0 Å². The summed E-state index contributed by atoms with van der Waals surface area (Å²) in [6.45, 7) is 8.39. The van der Waals surface area contributed by atoms with E-state index < -0.39 is 0 Å². The van der Waals surface area contributed by atoms with Gasteiger partial charge in [-0.05, 0) is 43.2 Å². The number of aromatic nitrogens is 3. The van der Waals surface area contributed by atoms with Gasteiger partial charge in [0.2, 0.25) is 0 Å². The number of fused-ring (bicyclic) bond motifs is 1. The second kappa shape index (κ2) is 6.13. The van der Waals surface area contributed by atoms with Crippen molar-refractivity contribution in [1.82, 2.24) is 14.5 Å². The zero-order valence-electron chi connectivity index (χ0n) is 14.2. The van der Waals surface area contributed by atoms with Crippen molar-refractivity contribution < 1.29 is 5.11 Å². The van der Waals surface area contributed by atoms with Gasteiger partial charge in [-0.2, -0.15) is 0 Å². The third-order valence-corrected chi connectivity index (χ3v) is 4.31. The summed E-state index contributed by atoms with van der Waals surface area (Å²) in [7, 11) is 0. The van der Waals surface area contributed by atoms with E-state index in [0.717, 1.165) is 45.9 Å². The van der Waals surface area contributed by atoms with Gasteiger partial charge in [0, 0.05) is 30.3 Å². The number of rotatable bonds is 4. The number of hydrogen-bond acceptors (Lipinski definition) is 3. The Hall–Kier alpha value is -2.20. The van der Waals surface area contributed by atoms with Crippen molar-refractivity contribution in [3.8, 4) is 5.69 Å². The van der Waals surface area contributed by atoms with Crippen LogP contribution in [0.15, 0.2) is 30.3 Å². The minimum Gasteiger partial charge on any atom is -0.396 e. The highest BCUT2D eigenvalue weighted by molar-refractivity contribution is 5.78. The summed E-state index contributed by atoms with van der Waals surface area (Å²) in [5.74, 6) is 1.17. The Morgan fingerprint density at radius 3 is 2.43 bits per heavy atom. The van der Waals surface area contributed by atoms with Gasteiger partial charge in [-0.15, -0.1) is 0 Å². The molecule has 0 aliphatic carbocycles. The molecule has 0 radical (unpaired) electrons. The molecule has 0 aliphatic heterocycles. The molecule has 2 aromatic heterocycles. The van der Waals surface area contributed by atoms with Gasteiger partial charge >= 0.3 is 0 Å². The lowest BCUT2D eigenvalue weighted by Gasteiger charge is -2.12. The van der Waals surface area contributed by atoms with Crippen LogP contribution in [0, 0.1) is 13.8 Å². The van der Waals surface area contributed by atoms with Gasteiger partial charge in [-0.1, -0.05) is 26.0 Å². The van der Waals surface area contributed by atoms with Crippen molar-refractivity contribution >= 4 is 11.2 Å².